The fraction of sp³-hybridized carbons (Fsp3) is 0.467. The maximum absolute atomic E-state index is 11.2. The molecule has 5 nitrogen and oxygen atoms in total. The lowest BCUT2D eigenvalue weighted by molar-refractivity contribution is 0.367. The number of aromatic nitrogens is 3. The Balaban J connectivity index is 1.84. The molecule has 2 bridgehead atoms. The Labute approximate surface area is 125 Å². The zero-order chi connectivity index (χ0) is 14.2. The number of allylic oxidation sites excluding steroid dienone is 1. The third kappa shape index (κ3) is 1.28. The fourth-order valence-corrected chi connectivity index (χ4v) is 5.31. The Morgan fingerprint density at radius 3 is 3.14 bits per heavy atom. The zero-order valence-electron chi connectivity index (χ0n) is 11.3. The lowest BCUT2D eigenvalue weighted by atomic mass is 9.73. The number of fused-ring (bicyclic) bond motifs is 5. The SMILES string of the molecule is O=NC1C(Cl)=C2c3ccc4n[nH]nc4c3CC23CCC1C3. The van der Waals surface area contributed by atoms with Crippen LogP contribution in [0, 0.1) is 16.2 Å². The second-order valence-electron chi connectivity index (χ2n) is 6.52. The molecule has 0 radical (unpaired) electrons. The molecule has 1 N–H and O–H groups in total. The van der Waals surface area contributed by atoms with Gasteiger partial charge in [-0.3, -0.25) is 0 Å². The number of rotatable bonds is 1. The molecule has 21 heavy (non-hydrogen) atoms. The topological polar surface area (TPSA) is 71.0 Å². The van der Waals surface area contributed by atoms with E-state index in [1.807, 2.05) is 6.07 Å². The van der Waals surface area contributed by atoms with E-state index in [1.54, 1.807) is 0 Å². The number of halogens is 1. The van der Waals surface area contributed by atoms with Gasteiger partial charge in [-0.05, 0) is 54.4 Å². The van der Waals surface area contributed by atoms with Crippen molar-refractivity contribution in [2.45, 2.75) is 31.7 Å². The smallest absolute Gasteiger partial charge is 0.130 e. The first-order valence-corrected chi connectivity index (χ1v) is 7.67. The van der Waals surface area contributed by atoms with E-state index in [4.69, 9.17) is 11.6 Å². The van der Waals surface area contributed by atoms with Gasteiger partial charge in [0.2, 0.25) is 0 Å². The summed E-state index contributed by atoms with van der Waals surface area (Å²) in [4.78, 5) is 11.2. The van der Waals surface area contributed by atoms with Crippen LogP contribution in [0.25, 0.3) is 16.6 Å². The monoisotopic (exact) mass is 300 g/mol. The molecule has 6 heteroatoms. The Kier molecular flexibility index (Phi) is 2.10. The van der Waals surface area contributed by atoms with Gasteiger partial charge in [-0.1, -0.05) is 22.8 Å². The van der Waals surface area contributed by atoms with Crippen LogP contribution < -0.4 is 0 Å². The highest BCUT2D eigenvalue weighted by Crippen LogP contribution is 2.64. The van der Waals surface area contributed by atoms with Crippen LogP contribution in [-0.4, -0.2) is 21.5 Å². The Bertz CT molecular complexity index is 826. The summed E-state index contributed by atoms with van der Waals surface area (Å²) < 4.78 is 0. The van der Waals surface area contributed by atoms with Crippen LogP contribution in [0.5, 0.6) is 0 Å². The molecule has 2 aromatic rings. The zero-order valence-corrected chi connectivity index (χ0v) is 12.0. The van der Waals surface area contributed by atoms with Gasteiger partial charge in [0, 0.05) is 5.41 Å². The van der Waals surface area contributed by atoms with Crippen molar-refractivity contribution in [2.75, 3.05) is 0 Å². The van der Waals surface area contributed by atoms with Gasteiger partial charge in [-0.2, -0.15) is 20.3 Å². The van der Waals surface area contributed by atoms with Gasteiger partial charge in [0.15, 0.2) is 0 Å². The summed E-state index contributed by atoms with van der Waals surface area (Å²) in [6, 6.07) is 3.68. The van der Waals surface area contributed by atoms with Gasteiger partial charge < -0.3 is 0 Å². The molecule has 0 aliphatic heterocycles. The van der Waals surface area contributed by atoms with Crippen LogP contribution in [-0.2, 0) is 6.42 Å². The molecular weight excluding hydrogens is 288 g/mol. The third-order valence-electron chi connectivity index (χ3n) is 5.61. The van der Waals surface area contributed by atoms with Crippen LogP contribution in [0.4, 0.5) is 0 Å². The maximum Gasteiger partial charge on any atom is 0.130 e. The van der Waals surface area contributed by atoms with E-state index in [0.717, 1.165) is 47.9 Å². The van der Waals surface area contributed by atoms with E-state index in [0.29, 0.717) is 11.0 Å². The van der Waals surface area contributed by atoms with Crippen molar-refractivity contribution < 1.29 is 0 Å². The summed E-state index contributed by atoms with van der Waals surface area (Å²) in [7, 11) is 0. The molecule has 1 spiro atoms. The molecule has 3 unspecified atom stereocenters. The number of benzene rings is 1. The minimum absolute atomic E-state index is 0.0957. The summed E-state index contributed by atoms with van der Waals surface area (Å²) in [5, 5.41) is 15.2. The van der Waals surface area contributed by atoms with Crippen molar-refractivity contribution in [3.63, 3.8) is 0 Å². The van der Waals surface area contributed by atoms with Gasteiger partial charge in [0.1, 0.15) is 17.1 Å². The lowest BCUT2D eigenvalue weighted by Gasteiger charge is -2.33. The fourth-order valence-electron chi connectivity index (χ4n) is 4.79. The number of nitrogens with one attached hydrogen (secondary N) is 1. The summed E-state index contributed by atoms with van der Waals surface area (Å²) >= 11 is 6.60. The Hall–Kier alpha value is -1.75. The first-order chi connectivity index (χ1) is 10.2. The van der Waals surface area contributed by atoms with E-state index >= 15 is 0 Å². The lowest BCUT2D eigenvalue weighted by Crippen LogP contribution is -2.28. The average molecular weight is 301 g/mol. The van der Waals surface area contributed by atoms with E-state index in [1.165, 1.54) is 5.56 Å². The standard InChI is InChI=1S/C15H13ClN4O/c16-12-11-8-1-2-10-14(18-20-17-10)9(8)6-15(11)4-3-7(5-15)13(12)19-21/h1-2,7,13H,3-6H2,(H,17,18,20). The van der Waals surface area contributed by atoms with Crippen molar-refractivity contribution in [3.05, 3.63) is 33.2 Å². The summed E-state index contributed by atoms with van der Waals surface area (Å²) in [5.74, 6) is 0.306. The number of aromatic amines is 1. The first kappa shape index (κ1) is 11.9. The molecule has 1 fully saturated rings. The van der Waals surface area contributed by atoms with E-state index in [9.17, 15) is 4.91 Å². The highest BCUT2D eigenvalue weighted by Gasteiger charge is 2.55. The Morgan fingerprint density at radius 1 is 1.38 bits per heavy atom. The molecule has 0 amide bonds. The van der Waals surface area contributed by atoms with Crippen molar-refractivity contribution >= 4 is 28.2 Å². The highest BCUT2D eigenvalue weighted by molar-refractivity contribution is 6.34. The average Bonchev–Trinajstić information content (AvgIpc) is 3.15. The van der Waals surface area contributed by atoms with Crippen molar-refractivity contribution in [1.29, 1.82) is 0 Å². The summed E-state index contributed by atoms with van der Waals surface area (Å²) in [6.45, 7) is 0. The normalized spacial score (nSPS) is 33.4. The summed E-state index contributed by atoms with van der Waals surface area (Å²) in [6.07, 6.45) is 4.10. The molecule has 1 saturated carbocycles. The number of H-pyrrole nitrogens is 1. The molecule has 1 heterocycles. The third-order valence-corrected chi connectivity index (χ3v) is 6.03. The van der Waals surface area contributed by atoms with Gasteiger partial charge in [-0.25, -0.2) is 0 Å². The molecule has 1 aromatic heterocycles. The molecule has 0 saturated heterocycles. The second kappa shape index (κ2) is 3.71. The molecule has 3 aliphatic rings. The van der Waals surface area contributed by atoms with Crippen molar-refractivity contribution in [1.82, 2.24) is 15.4 Å². The second-order valence-corrected chi connectivity index (χ2v) is 6.92. The maximum atomic E-state index is 11.2. The first-order valence-electron chi connectivity index (χ1n) is 7.29. The van der Waals surface area contributed by atoms with Crippen molar-refractivity contribution in [3.8, 4) is 0 Å². The predicted molar refractivity (Wildman–Crippen MR) is 79.7 cm³/mol. The Morgan fingerprint density at radius 2 is 2.29 bits per heavy atom. The molecule has 3 atom stereocenters. The van der Waals surface area contributed by atoms with Gasteiger partial charge >= 0.3 is 0 Å². The van der Waals surface area contributed by atoms with Gasteiger partial charge in [-0.15, -0.1) is 0 Å². The van der Waals surface area contributed by atoms with Gasteiger partial charge in [0.25, 0.3) is 0 Å². The number of hydrogen-bond donors (Lipinski definition) is 1. The molecule has 106 valence electrons. The van der Waals surface area contributed by atoms with Crippen LogP contribution in [0.15, 0.2) is 22.3 Å². The largest absolute Gasteiger partial charge is 0.197 e. The van der Waals surface area contributed by atoms with Crippen LogP contribution in [0.2, 0.25) is 0 Å². The minimum Gasteiger partial charge on any atom is -0.197 e. The van der Waals surface area contributed by atoms with E-state index in [-0.39, 0.29) is 11.5 Å². The van der Waals surface area contributed by atoms with E-state index < -0.39 is 0 Å². The molecule has 5 rings (SSSR count). The van der Waals surface area contributed by atoms with E-state index in [2.05, 4.69) is 26.7 Å². The predicted octanol–water partition coefficient (Wildman–Crippen LogP) is 3.40. The molecular formula is C15H13ClN4O. The number of hydrogen-bond acceptors (Lipinski definition) is 4. The number of nitroso groups, excluding NO2 is 1. The van der Waals surface area contributed by atoms with Crippen LogP contribution in [0.1, 0.15) is 30.4 Å². The van der Waals surface area contributed by atoms with Crippen LogP contribution >= 0.6 is 11.6 Å². The molecule has 1 aromatic carbocycles. The van der Waals surface area contributed by atoms with Gasteiger partial charge in [0.05, 0.1) is 5.03 Å². The van der Waals surface area contributed by atoms with Crippen LogP contribution in [0.3, 0.4) is 0 Å². The number of nitrogens with zero attached hydrogens (tertiary/aromatic N) is 3. The quantitative estimate of drug-likeness (QED) is 0.820. The van der Waals surface area contributed by atoms with Crippen molar-refractivity contribution in [2.24, 2.45) is 16.5 Å². The minimum atomic E-state index is -0.365. The highest BCUT2D eigenvalue weighted by atomic mass is 35.5. The molecule has 3 aliphatic carbocycles. The summed E-state index contributed by atoms with van der Waals surface area (Å²) in [5.41, 5.74) is 5.45.